The molecule has 1 heterocycles. The lowest BCUT2D eigenvalue weighted by molar-refractivity contribution is -0.385. The third-order valence-electron chi connectivity index (χ3n) is 3.43. The van der Waals surface area contributed by atoms with Crippen molar-refractivity contribution in [2.45, 2.75) is 19.2 Å². The van der Waals surface area contributed by atoms with E-state index in [-0.39, 0.29) is 17.3 Å². The Morgan fingerprint density at radius 2 is 2.24 bits per heavy atom. The maximum Gasteiger partial charge on any atom is 0.311 e. The zero-order chi connectivity index (χ0) is 18.4. The van der Waals surface area contributed by atoms with Gasteiger partial charge in [0.2, 0.25) is 5.91 Å². The van der Waals surface area contributed by atoms with Gasteiger partial charge in [-0.25, -0.2) is 4.98 Å². The zero-order valence-electron chi connectivity index (χ0n) is 14.2. The number of ether oxygens (including phenoxy) is 1. The Balaban J connectivity index is 1.86. The van der Waals surface area contributed by atoms with Crippen molar-refractivity contribution in [3.05, 3.63) is 50.0 Å². The lowest BCUT2D eigenvalue weighted by atomic mass is 10.2. The fraction of sp³-hybridized carbons (Fsp3) is 0.375. The molecule has 1 aromatic heterocycles. The van der Waals surface area contributed by atoms with Gasteiger partial charge in [0.05, 0.1) is 35.0 Å². The van der Waals surface area contributed by atoms with Gasteiger partial charge in [-0.15, -0.1) is 23.1 Å². The number of amides is 1. The number of carbonyl (C=O) groups is 1. The first-order valence-electron chi connectivity index (χ1n) is 7.44. The van der Waals surface area contributed by atoms with Crippen molar-refractivity contribution < 1.29 is 14.5 Å². The molecular formula is C16H19N3O4S2. The average molecular weight is 381 g/mol. The molecule has 0 atom stereocenters. The normalized spacial score (nSPS) is 10.5. The van der Waals surface area contributed by atoms with Crippen LogP contribution in [-0.4, -0.2) is 40.6 Å². The summed E-state index contributed by atoms with van der Waals surface area (Å²) in [5, 5.41) is 14.0. The number of benzene rings is 1. The van der Waals surface area contributed by atoms with Gasteiger partial charge in [-0.05, 0) is 18.6 Å². The second-order valence-corrected chi connectivity index (χ2v) is 7.41. The summed E-state index contributed by atoms with van der Waals surface area (Å²) < 4.78 is 4.98. The molecule has 0 aliphatic rings. The van der Waals surface area contributed by atoms with Gasteiger partial charge in [-0.3, -0.25) is 14.9 Å². The van der Waals surface area contributed by atoms with E-state index in [2.05, 4.69) is 4.98 Å². The SMILES string of the molecule is COc1ccc(CSCC(=O)N(C)Cc2csc(C)n2)cc1[N+](=O)[O-]. The first-order valence-corrected chi connectivity index (χ1v) is 9.48. The predicted molar refractivity (Wildman–Crippen MR) is 99.1 cm³/mol. The van der Waals surface area contributed by atoms with Gasteiger partial charge < -0.3 is 9.64 Å². The van der Waals surface area contributed by atoms with Crippen LogP contribution in [0.5, 0.6) is 5.75 Å². The number of thioether (sulfide) groups is 1. The van der Waals surface area contributed by atoms with Crippen molar-refractivity contribution in [3.8, 4) is 5.75 Å². The number of nitro groups is 1. The van der Waals surface area contributed by atoms with E-state index in [1.807, 2.05) is 12.3 Å². The van der Waals surface area contributed by atoms with E-state index in [1.165, 1.54) is 24.9 Å². The maximum absolute atomic E-state index is 12.2. The first kappa shape index (κ1) is 19.2. The van der Waals surface area contributed by atoms with Crippen molar-refractivity contribution in [2.75, 3.05) is 19.9 Å². The molecule has 1 amide bonds. The highest BCUT2D eigenvalue weighted by molar-refractivity contribution is 7.99. The number of carbonyl (C=O) groups excluding carboxylic acids is 1. The topological polar surface area (TPSA) is 85.6 Å². The fourth-order valence-electron chi connectivity index (χ4n) is 2.15. The summed E-state index contributed by atoms with van der Waals surface area (Å²) in [5.74, 6) is 1.05. The van der Waals surface area contributed by atoms with Gasteiger partial charge in [0.15, 0.2) is 5.75 Å². The Kier molecular flexibility index (Phi) is 6.77. The van der Waals surface area contributed by atoms with Crippen LogP contribution in [0.15, 0.2) is 23.6 Å². The summed E-state index contributed by atoms with van der Waals surface area (Å²) in [5.41, 5.74) is 1.60. The minimum atomic E-state index is -0.470. The van der Waals surface area contributed by atoms with Gasteiger partial charge in [0.25, 0.3) is 0 Å². The molecule has 1 aromatic carbocycles. The van der Waals surface area contributed by atoms with Crippen molar-refractivity contribution in [2.24, 2.45) is 0 Å². The molecule has 134 valence electrons. The monoisotopic (exact) mass is 381 g/mol. The second-order valence-electron chi connectivity index (χ2n) is 5.36. The standard InChI is InChI=1S/C16H19N3O4S2/c1-11-17-13(9-25-11)7-18(2)16(20)10-24-8-12-4-5-15(23-3)14(6-12)19(21)22/h4-6,9H,7-8,10H2,1-3H3. The minimum Gasteiger partial charge on any atom is -0.490 e. The highest BCUT2D eigenvalue weighted by Gasteiger charge is 2.16. The highest BCUT2D eigenvalue weighted by Crippen LogP contribution is 2.29. The number of hydrogen-bond acceptors (Lipinski definition) is 7. The van der Waals surface area contributed by atoms with Gasteiger partial charge in [0.1, 0.15) is 0 Å². The third kappa shape index (κ3) is 5.43. The second kappa shape index (κ2) is 8.82. The molecule has 0 saturated carbocycles. The van der Waals surface area contributed by atoms with E-state index >= 15 is 0 Å². The molecule has 0 unspecified atom stereocenters. The zero-order valence-corrected chi connectivity index (χ0v) is 15.9. The first-order chi connectivity index (χ1) is 11.9. The molecule has 0 aliphatic heterocycles. The molecule has 9 heteroatoms. The Bertz CT molecular complexity index is 764. The summed E-state index contributed by atoms with van der Waals surface area (Å²) in [4.78, 5) is 28.7. The van der Waals surface area contributed by atoms with E-state index in [0.29, 0.717) is 18.1 Å². The van der Waals surface area contributed by atoms with Crippen molar-refractivity contribution in [1.82, 2.24) is 9.88 Å². The summed E-state index contributed by atoms with van der Waals surface area (Å²) in [6.07, 6.45) is 0. The fourth-order valence-corrected chi connectivity index (χ4v) is 3.66. The molecule has 2 aromatic rings. The number of aryl methyl sites for hydroxylation is 1. The highest BCUT2D eigenvalue weighted by atomic mass is 32.2. The molecule has 0 radical (unpaired) electrons. The number of thiazole rings is 1. The van der Waals surface area contributed by atoms with E-state index in [1.54, 1.807) is 35.4 Å². The molecule has 0 spiro atoms. The van der Waals surface area contributed by atoms with E-state index in [4.69, 9.17) is 4.74 Å². The summed E-state index contributed by atoms with van der Waals surface area (Å²) in [6, 6.07) is 4.83. The van der Waals surface area contributed by atoms with Gasteiger partial charge in [-0.1, -0.05) is 6.07 Å². The van der Waals surface area contributed by atoms with Crippen molar-refractivity contribution >= 4 is 34.7 Å². The summed E-state index contributed by atoms with van der Waals surface area (Å²) in [6.45, 7) is 2.41. The predicted octanol–water partition coefficient (Wildman–Crippen LogP) is 3.26. The number of nitro benzene ring substituents is 1. The summed E-state index contributed by atoms with van der Waals surface area (Å²) >= 11 is 2.98. The van der Waals surface area contributed by atoms with Crippen LogP contribution >= 0.6 is 23.1 Å². The van der Waals surface area contributed by atoms with E-state index in [0.717, 1.165) is 16.3 Å². The molecule has 2 rings (SSSR count). The van der Waals surface area contributed by atoms with Crippen LogP contribution in [0.4, 0.5) is 5.69 Å². The molecule has 0 fully saturated rings. The maximum atomic E-state index is 12.2. The van der Waals surface area contributed by atoms with Gasteiger partial charge in [-0.2, -0.15) is 0 Å². The summed E-state index contributed by atoms with van der Waals surface area (Å²) in [7, 11) is 3.14. The molecular weight excluding hydrogens is 362 g/mol. The number of aromatic nitrogens is 1. The molecule has 7 nitrogen and oxygen atoms in total. The molecule has 25 heavy (non-hydrogen) atoms. The van der Waals surface area contributed by atoms with E-state index in [9.17, 15) is 14.9 Å². The minimum absolute atomic E-state index is 0.00124. The number of methoxy groups -OCH3 is 1. The van der Waals surface area contributed by atoms with Crippen LogP contribution in [-0.2, 0) is 17.1 Å². The number of rotatable bonds is 8. The van der Waals surface area contributed by atoms with Gasteiger partial charge in [0, 0.05) is 24.2 Å². The molecule has 0 saturated heterocycles. The Morgan fingerprint density at radius 1 is 1.48 bits per heavy atom. The van der Waals surface area contributed by atoms with Crippen LogP contribution in [0.3, 0.4) is 0 Å². The lowest BCUT2D eigenvalue weighted by Crippen LogP contribution is -2.28. The van der Waals surface area contributed by atoms with Gasteiger partial charge >= 0.3 is 5.69 Å². The lowest BCUT2D eigenvalue weighted by Gasteiger charge is -2.15. The van der Waals surface area contributed by atoms with Crippen molar-refractivity contribution in [3.63, 3.8) is 0 Å². The van der Waals surface area contributed by atoms with Crippen LogP contribution in [0.25, 0.3) is 0 Å². The smallest absolute Gasteiger partial charge is 0.311 e. The Morgan fingerprint density at radius 3 is 2.84 bits per heavy atom. The quantitative estimate of drug-likeness (QED) is 0.515. The van der Waals surface area contributed by atoms with Crippen molar-refractivity contribution in [1.29, 1.82) is 0 Å². The molecule has 0 bridgehead atoms. The largest absolute Gasteiger partial charge is 0.490 e. The Labute approximate surface area is 154 Å². The number of hydrogen-bond donors (Lipinski definition) is 0. The van der Waals surface area contributed by atoms with Crippen LogP contribution in [0, 0.1) is 17.0 Å². The number of nitrogens with zero attached hydrogens (tertiary/aromatic N) is 3. The van der Waals surface area contributed by atoms with Crippen LogP contribution in [0.2, 0.25) is 0 Å². The van der Waals surface area contributed by atoms with E-state index < -0.39 is 4.92 Å². The molecule has 0 N–H and O–H groups in total. The average Bonchev–Trinajstić information content (AvgIpc) is 2.99. The van der Waals surface area contributed by atoms with Crippen LogP contribution < -0.4 is 4.74 Å². The third-order valence-corrected chi connectivity index (χ3v) is 5.24. The Hall–Kier alpha value is -2.13. The van der Waals surface area contributed by atoms with Crippen LogP contribution in [0.1, 0.15) is 16.3 Å². The molecule has 0 aliphatic carbocycles.